The highest BCUT2D eigenvalue weighted by molar-refractivity contribution is 5.80. The Bertz CT molecular complexity index is 240. The fourth-order valence-corrected chi connectivity index (χ4v) is 2.62. The smallest absolute Gasteiger partial charge is 0.135 e. The van der Waals surface area contributed by atoms with Crippen molar-refractivity contribution in [2.24, 2.45) is 23.7 Å². The van der Waals surface area contributed by atoms with Crippen molar-refractivity contribution in [2.45, 2.75) is 33.1 Å². The molecule has 2 aliphatic carbocycles. The van der Waals surface area contributed by atoms with Crippen molar-refractivity contribution in [3.8, 4) is 0 Å². The number of allylic oxidation sites excluding steroid dienone is 2. The van der Waals surface area contributed by atoms with Gasteiger partial charge in [-0.1, -0.05) is 26.0 Å². The molecule has 0 N–H and O–H groups in total. The van der Waals surface area contributed by atoms with Crippen molar-refractivity contribution in [3.63, 3.8) is 0 Å². The molecule has 0 saturated heterocycles. The number of carbonyl (C=O) groups is 1. The maximum atomic E-state index is 11.6. The molecule has 0 aromatic carbocycles. The fourth-order valence-electron chi connectivity index (χ4n) is 2.62. The summed E-state index contributed by atoms with van der Waals surface area (Å²) in [6.45, 7) is 4.01. The zero-order valence-corrected chi connectivity index (χ0v) is 8.49. The lowest BCUT2D eigenvalue weighted by molar-refractivity contribution is -0.123. The van der Waals surface area contributed by atoms with E-state index in [0.717, 1.165) is 18.3 Å². The van der Waals surface area contributed by atoms with Crippen LogP contribution < -0.4 is 0 Å². The molecule has 13 heavy (non-hydrogen) atoms. The van der Waals surface area contributed by atoms with Crippen LogP contribution in [0.4, 0.5) is 0 Å². The van der Waals surface area contributed by atoms with Gasteiger partial charge < -0.3 is 0 Å². The highest BCUT2D eigenvalue weighted by Crippen LogP contribution is 2.45. The Morgan fingerprint density at radius 2 is 2.15 bits per heavy atom. The summed E-state index contributed by atoms with van der Waals surface area (Å²) in [5.41, 5.74) is 0. The molecule has 2 bridgehead atoms. The normalized spacial score (nSPS) is 36.1. The lowest BCUT2D eigenvalue weighted by Crippen LogP contribution is -2.16. The largest absolute Gasteiger partial charge is 0.299 e. The Morgan fingerprint density at radius 3 is 2.62 bits per heavy atom. The van der Waals surface area contributed by atoms with E-state index in [2.05, 4.69) is 12.2 Å². The van der Waals surface area contributed by atoms with Gasteiger partial charge in [0.15, 0.2) is 0 Å². The van der Waals surface area contributed by atoms with Gasteiger partial charge in [-0.2, -0.15) is 0 Å². The van der Waals surface area contributed by atoms with Crippen LogP contribution in [0.1, 0.15) is 33.1 Å². The minimum absolute atomic E-state index is 0.225. The first-order chi connectivity index (χ1) is 6.16. The van der Waals surface area contributed by atoms with Gasteiger partial charge in [0.2, 0.25) is 0 Å². The third-order valence-electron chi connectivity index (χ3n) is 3.52. The first kappa shape index (κ1) is 8.98. The molecule has 72 valence electrons. The van der Waals surface area contributed by atoms with Crippen LogP contribution in [0.15, 0.2) is 12.2 Å². The van der Waals surface area contributed by atoms with Crippen molar-refractivity contribution >= 4 is 5.78 Å². The van der Waals surface area contributed by atoms with Crippen LogP contribution in [0.2, 0.25) is 0 Å². The highest BCUT2D eigenvalue weighted by Gasteiger charge is 2.36. The molecule has 3 unspecified atom stereocenters. The van der Waals surface area contributed by atoms with Crippen molar-refractivity contribution in [3.05, 3.63) is 12.2 Å². The molecule has 1 saturated carbocycles. The van der Waals surface area contributed by atoms with Crippen LogP contribution >= 0.6 is 0 Å². The van der Waals surface area contributed by atoms with Crippen molar-refractivity contribution in [1.29, 1.82) is 0 Å². The molecular weight excluding hydrogens is 160 g/mol. The van der Waals surface area contributed by atoms with Gasteiger partial charge >= 0.3 is 0 Å². The summed E-state index contributed by atoms with van der Waals surface area (Å²) in [4.78, 5) is 11.6. The molecule has 2 rings (SSSR count). The molecule has 1 nitrogen and oxygen atoms in total. The Balaban J connectivity index is 1.90. The SMILES string of the molecule is CC(C)C(=O)CC1CC2C=CC1C2. The standard InChI is InChI=1S/C12H18O/c1-8(2)12(13)7-11-6-9-3-4-10(11)5-9/h3-4,8-11H,5-7H2,1-2H3. The molecule has 0 heterocycles. The van der Waals surface area contributed by atoms with Gasteiger partial charge in [0, 0.05) is 12.3 Å². The number of carbonyl (C=O) groups excluding carboxylic acids is 1. The van der Waals surface area contributed by atoms with E-state index in [1.807, 2.05) is 13.8 Å². The number of hydrogen-bond donors (Lipinski definition) is 0. The van der Waals surface area contributed by atoms with Gasteiger partial charge in [0.1, 0.15) is 5.78 Å². The van der Waals surface area contributed by atoms with E-state index in [9.17, 15) is 4.79 Å². The van der Waals surface area contributed by atoms with Gasteiger partial charge in [-0.15, -0.1) is 0 Å². The second-order valence-electron chi connectivity index (χ2n) is 4.87. The molecule has 0 spiro atoms. The molecule has 3 atom stereocenters. The van der Waals surface area contributed by atoms with E-state index < -0.39 is 0 Å². The predicted molar refractivity (Wildman–Crippen MR) is 53.3 cm³/mol. The third kappa shape index (κ3) is 1.70. The summed E-state index contributed by atoms with van der Waals surface area (Å²) in [6.07, 6.45) is 8.06. The summed E-state index contributed by atoms with van der Waals surface area (Å²) in [7, 11) is 0. The molecule has 0 radical (unpaired) electrons. The number of ketones is 1. The number of hydrogen-bond acceptors (Lipinski definition) is 1. The van der Waals surface area contributed by atoms with Crippen LogP contribution in [0.5, 0.6) is 0 Å². The predicted octanol–water partition coefficient (Wildman–Crippen LogP) is 2.81. The quantitative estimate of drug-likeness (QED) is 0.607. The molecule has 0 aromatic rings. The monoisotopic (exact) mass is 178 g/mol. The van der Waals surface area contributed by atoms with Crippen molar-refractivity contribution in [1.82, 2.24) is 0 Å². The van der Waals surface area contributed by atoms with Gasteiger partial charge in [-0.05, 0) is 30.6 Å². The topological polar surface area (TPSA) is 17.1 Å². The maximum absolute atomic E-state index is 11.6. The van der Waals surface area contributed by atoms with Crippen LogP contribution in [0.25, 0.3) is 0 Å². The molecular formula is C12H18O. The second-order valence-corrected chi connectivity index (χ2v) is 4.87. The lowest BCUT2D eigenvalue weighted by atomic mass is 9.87. The zero-order chi connectivity index (χ0) is 9.42. The molecule has 2 aliphatic rings. The number of rotatable bonds is 3. The summed E-state index contributed by atoms with van der Waals surface area (Å²) in [5, 5.41) is 0. The number of Topliss-reactive ketones (excluding diaryl/α,β-unsaturated/α-hetero) is 1. The summed E-state index contributed by atoms with van der Waals surface area (Å²) in [6, 6.07) is 0. The Hall–Kier alpha value is -0.590. The molecule has 1 heteroatoms. The minimum Gasteiger partial charge on any atom is -0.299 e. The average Bonchev–Trinajstić information content (AvgIpc) is 2.64. The van der Waals surface area contributed by atoms with Gasteiger partial charge in [-0.3, -0.25) is 4.79 Å². The Kier molecular flexibility index (Phi) is 2.27. The lowest BCUT2D eigenvalue weighted by Gasteiger charge is -2.17. The second kappa shape index (κ2) is 3.28. The number of fused-ring (bicyclic) bond motifs is 2. The van der Waals surface area contributed by atoms with E-state index in [0.29, 0.717) is 11.7 Å². The Morgan fingerprint density at radius 1 is 1.38 bits per heavy atom. The van der Waals surface area contributed by atoms with Crippen molar-refractivity contribution in [2.75, 3.05) is 0 Å². The Labute approximate surface area is 80.2 Å². The third-order valence-corrected chi connectivity index (χ3v) is 3.52. The van der Waals surface area contributed by atoms with E-state index >= 15 is 0 Å². The fraction of sp³-hybridized carbons (Fsp3) is 0.750. The first-order valence-electron chi connectivity index (χ1n) is 5.38. The summed E-state index contributed by atoms with van der Waals surface area (Å²) < 4.78 is 0. The van der Waals surface area contributed by atoms with E-state index in [1.165, 1.54) is 12.8 Å². The van der Waals surface area contributed by atoms with Crippen LogP contribution in [-0.2, 0) is 4.79 Å². The van der Waals surface area contributed by atoms with Gasteiger partial charge in [0.25, 0.3) is 0 Å². The van der Waals surface area contributed by atoms with E-state index in [1.54, 1.807) is 0 Å². The summed E-state index contributed by atoms with van der Waals surface area (Å²) >= 11 is 0. The van der Waals surface area contributed by atoms with Crippen LogP contribution in [0, 0.1) is 23.7 Å². The van der Waals surface area contributed by atoms with E-state index in [-0.39, 0.29) is 5.92 Å². The molecule has 0 aromatic heterocycles. The van der Waals surface area contributed by atoms with Crippen LogP contribution in [0.3, 0.4) is 0 Å². The highest BCUT2D eigenvalue weighted by atomic mass is 16.1. The molecule has 1 fully saturated rings. The van der Waals surface area contributed by atoms with Gasteiger partial charge in [-0.25, -0.2) is 0 Å². The first-order valence-corrected chi connectivity index (χ1v) is 5.38. The van der Waals surface area contributed by atoms with Crippen LogP contribution in [-0.4, -0.2) is 5.78 Å². The molecule has 0 amide bonds. The molecule has 0 aliphatic heterocycles. The minimum atomic E-state index is 0.225. The van der Waals surface area contributed by atoms with Gasteiger partial charge in [0.05, 0.1) is 0 Å². The maximum Gasteiger partial charge on any atom is 0.135 e. The summed E-state index contributed by atoms with van der Waals surface area (Å²) in [5.74, 6) is 2.88. The zero-order valence-electron chi connectivity index (χ0n) is 8.49. The average molecular weight is 178 g/mol. The van der Waals surface area contributed by atoms with E-state index in [4.69, 9.17) is 0 Å². The van der Waals surface area contributed by atoms with Crippen molar-refractivity contribution < 1.29 is 4.79 Å².